The first kappa shape index (κ1) is 25.2. The van der Waals surface area contributed by atoms with Gasteiger partial charge in [-0.3, -0.25) is 5.32 Å². The van der Waals surface area contributed by atoms with Crippen LogP contribution in [0.5, 0.6) is 0 Å². The van der Waals surface area contributed by atoms with Gasteiger partial charge in [-0.05, 0) is 38.5 Å². The molecule has 0 aromatic carbocycles. The van der Waals surface area contributed by atoms with Gasteiger partial charge in [-0.25, -0.2) is 0 Å². The molecule has 0 heterocycles. The summed E-state index contributed by atoms with van der Waals surface area (Å²) in [6.45, 7) is 3.09. The average Bonchev–Trinajstić information content (AvgIpc) is 2.50. The van der Waals surface area contributed by atoms with Crippen LogP contribution in [0.25, 0.3) is 0 Å². The molecule has 0 aliphatic heterocycles. The lowest BCUT2D eigenvalue weighted by Gasteiger charge is -2.03. The highest BCUT2D eigenvalue weighted by Gasteiger charge is 1.98. The van der Waals surface area contributed by atoms with E-state index < -0.39 is 6.41 Å². The minimum Gasteiger partial charge on any atom is -1.00 e. The molecule has 0 saturated carbocycles. The molecular weight excluding hydrogens is 310 g/mol. The number of allylic oxidation sites excluding steroid dienone is 2. The quantitative estimate of drug-likeness (QED) is 0.207. The molecule has 140 valence electrons. The third kappa shape index (κ3) is 24.3. The van der Waals surface area contributed by atoms with E-state index in [9.17, 15) is 0 Å². The number of rotatable bonds is 17. The molecule has 0 aromatic rings. The van der Waals surface area contributed by atoms with E-state index in [0.717, 1.165) is 13.0 Å². The number of quaternary nitrogens is 1. The molecule has 4 heteroatoms. The van der Waals surface area contributed by atoms with E-state index in [1.807, 2.05) is 0 Å². The van der Waals surface area contributed by atoms with Crippen molar-refractivity contribution in [3.8, 4) is 0 Å². The molecule has 0 aliphatic rings. The van der Waals surface area contributed by atoms with Crippen LogP contribution in [0.1, 0.15) is 96.8 Å². The summed E-state index contributed by atoms with van der Waals surface area (Å²) in [7, 11) is 0. The summed E-state index contributed by atoms with van der Waals surface area (Å²) in [5, 5.41) is 18.9. The number of aliphatic hydroxyl groups is 2. The third-order valence-corrected chi connectivity index (χ3v) is 4.09. The van der Waals surface area contributed by atoms with Crippen LogP contribution in [0, 0.1) is 0 Å². The van der Waals surface area contributed by atoms with Crippen molar-refractivity contribution >= 4 is 0 Å². The van der Waals surface area contributed by atoms with Crippen LogP contribution in [-0.4, -0.2) is 23.2 Å². The van der Waals surface area contributed by atoms with Crippen molar-refractivity contribution in [1.82, 2.24) is 0 Å². The van der Waals surface area contributed by atoms with Crippen molar-refractivity contribution in [3.05, 3.63) is 12.2 Å². The van der Waals surface area contributed by atoms with Gasteiger partial charge < -0.3 is 22.6 Å². The zero-order valence-electron chi connectivity index (χ0n) is 15.2. The fourth-order valence-corrected chi connectivity index (χ4v) is 2.66. The van der Waals surface area contributed by atoms with Crippen LogP contribution in [-0.2, 0) is 0 Å². The molecule has 0 unspecified atom stereocenters. The van der Waals surface area contributed by atoms with Gasteiger partial charge in [0.15, 0.2) is 0 Å². The van der Waals surface area contributed by atoms with E-state index >= 15 is 0 Å². The molecule has 0 rings (SSSR count). The highest BCUT2D eigenvalue weighted by Crippen LogP contribution is 2.09. The summed E-state index contributed by atoms with van der Waals surface area (Å²) in [5.74, 6) is 0. The number of halogens is 1. The topological polar surface area (TPSA) is 57.1 Å². The van der Waals surface area contributed by atoms with Crippen LogP contribution in [0.3, 0.4) is 0 Å². The standard InChI is InChI=1S/C19H39NO2.ClH/c1-2-3-4-5-6-7-8-9-10-11-12-13-14-15-16-17-18-20-19(21)22;/h9-10,19-22H,2-8,11-18H2,1H3;1H/b10-9-;. The molecule has 4 N–H and O–H groups in total. The maximum Gasteiger partial charge on any atom is 0.300 e. The molecule has 0 saturated heterocycles. The second kappa shape index (κ2) is 21.9. The van der Waals surface area contributed by atoms with E-state index in [1.54, 1.807) is 5.32 Å². The lowest BCUT2D eigenvalue weighted by molar-refractivity contribution is -0.762. The van der Waals surface area contributed by atoms with Crippen LogP contribution >= 0.6 is 0 Å². The Morgan fingerprint density at radius 1 is 0.696 bits per heavy atom. The van der Waals surface area contributed by atoms with Gasteiger partial charge >= 0.3 is 6.41 Å². The van der Waals surface area contributed by atoms with Crippen molar-refractivity contribution in [3.63, 3.8) is 0 Å². The van der Waals surface area contributed by atoms with Gasteiger partial charge in [0.1, 0.15) is 0 Å². The fourth-order valence-electron chi connectivity index (χ4n) is 2.66. The van der Waals surface area contributed by atoms with Crippen molar-refractivity contribution in [2.75, 3.05) is 6.54 Å². The van der Waals surface area contributed by atoms with Crippen molar-refractivity contribution < 1.29 is 27.9 Å². The third-order valence-electron chi connectivity index (χ3n) is 4.09. The molecule has 23 heavy (non-hydrogen) atoms. The normalized spacial score (nSPS) is 11.3. The molecule has 0 atom stereocenters. The van der Waals surface area contributed by atoms with Crippen LogP contribution < -0.4 is 17.7 Å². The largest absolute Gasteiger partial charge is 1.00 e. The number of aliphatic hydroxyl groups excluding tert-OH is 1. The van der Waals surface area contributed by atoms with Gasteiger partial charge in [0.05, 0.1) is 6.54 Å². The first-order valence-electron chi connectivity index (χ1n) is 9.61. The Morgan fingerprint density at radius 3 is 1.61 bits per heavy atom. The Kier molecular flexibility index (Phi) is 24.0. The Labute approximate surface area is 150 Å². The van der Waals surface area contributed by atoms with Crippen LogP contribution in [0.4, 0.5) is 0 Å². The Bertz CT molecular complexity index is 235. The summed E-state index contributed by atoms with van der Waals surface area (Å²) in [6.07, 6.45) is 21.8. The van der Waals surface area contributed by atoms with Gasteiger partial charge in [0.25, 0.3) is 0 Å². The van der Waals surface area contributed by atoms with Crippen molar-refractivity contribution in [2.24, 2.45) is 0 Å². The van der Waals surface area contributed by atoms with Crippen LogP contribution in [0.2, 0.25) is 0 Å². The predicted molar refractivity (Wildman–Crippen MR) is 94.5 cm³/mol. The average molecular weight is 350 g/mol. The molecule has 0 radical (unpaired) electrons. The van der Waals surface area contributed by atoms with E-state index in [2.05, 4.69) is 19.1 Å². The van der Waals surface area contributed by atoms with Gasteiger partial charge in [-0.15, -0.1) is 0 Å². The summed E-state index contributed by atoms with van der Waals surface area (Å²) in [6, 6.07) is 0. The highest BCUT2D eigenvalue weighted by molar-refractivity contribution is 4.81. The lowest BCUT2D eigenvalue weighted by atomic mass is 10.1. The maximum atomic E-state index is 8.67. The zero-order valence-corrected chi connectivity index (χ0v) is 15.9. The molecule has 0 amide bonds. The zero-order chi connectivity index (χ0) is 16.3. The number of hydrogen-bond acceptors (Lipinski definition) is 2. The minimum atomic E-state index is -1.23. The second-order valence-electron chi connectivity index (χ2n) is 6.38. The molecule has 0 aliphatic carbocycles. The van der Waals surface area contributed by atoms with Crippen LogP contribution in [0.15, 0.2) is 12.2 Å². The molecule has 0 spiro atoms. The SMILES string of the molecule is CCCCCCCC/C=C\CCCCCCCC[NH2+]C(O)O.[Cl-]. The van der Waals surface area contributed by atoms with E-state index in [4.69, 9.17) is 10.2 Å². The first-order valence-corrected chi connectivity index (χ1v) is 9.61. The highest BCUT2D eigenvalue weighted by atomic mass is 35.5. The summed E-state index contributed by atoms with van der Waals surface area (Å²) in [5.41, 5.74) is 0. The number of nitrogens with two attached hydrogens (primary N) is 1. The molecule has 0 fully saturated rings. The molecule has 0 bridgehead atoms. The summed E-state index contributed by atoms with van der Waals surface area (Å²) >= 11 is 0. The lowest BCUT2D eigenvalue weighted by Crippen LogP contribution is -3.00. The number of hydrogen-bond donors (Lipinski definition) is 3. The minimum absolute atomic E-state index is 0. The fraction of sp³-hybridized carbons (Fsp3) is 0.895. The van der Waals surface area contributed by atoms with Gasteiger partial charge in [0.2, 0.25) is 0 Å². The summed E-state index contributed by atoms with van der Waals surface area (Å²) in [4.78, 5) is 0. The molecule has 3 nitrogen and oxygen atoms in total. The molecule has 0 aromatic heterocycles. The van der Waals surface area contributed by atoms with Gasteiger partial charge in [0, 0.05) is 0 Å². The molecular formula is C19H40ClNO2. The smallest absolute Gasteiger partial charge is 0.300 e. The van der Waals surface area contributed by atoms with E-state index in [1.165, 1.54) is 83.5 Å². The van der Waals surface area contributed by atoms with Gasteiger partial charge in [-0.2, -0.15) is 0 Å². The van der Waals surface area contributed by atoms with Gasteiger partial charge in [-0.1, -0.05) is 70.4 Å². The Morgan fingerprint density at radius 2 is 1.13 bits per heavy atom. The Balaban J connectivity index is 0. The first-order chi connectivity index (χ1) is 10.8. The van der Waals surface area contributed by atoms with Crippen molar-refractivity contribution in [2.45, 2.75) is 103 Å². The second-order valence-corrected chi connectivity index (χ2v) is 6.38. The maximum absolute atomic E-state index is 8.67. The monoisotopic (exact) mass is 349 g/mol. The number of unbranched alkanes of at least 4 members (excludes halogenated alkanes) is 12. The van der Waals surface area contributed by atoms with E-state index in [0.29, 0.717) is 0 Å². The summed E-state index contributed by atoms with van der Waals surface area (Å²) < 4.78 is 0. The Hall–Kier alpha value is -0.0900. The predicted octanol–water partition coefficient (Wildman–Crippen LogP) is 0.860. The van der Waals surface area contributed by atoms with E-state index in [-0.39, 0.29) is 12.4 Å². The van der Waals surface area contributed by atoms with Crippen molar-refractivity contribution in [1.29, 1.82) is 0 Å².